The second-order valence-electron chi connectivity index (χ2n) is 9.32. The van der Waals surface area contributed by atoms with E-state index in [2.05, 4.69) is 35.2 Å². The Morgan fingerprint density at radius 1 is 0.742 bits per heavy atom. The number of hydrogen-bond donors (Lipinski definition) is 0. The smallest absolute Gasteiger partial charge is 0.119 e. The van der Waals surface area contributed by atoms with Crippen molar-refractivity contribution in [3.05, 3.63) is 52.6 Å². The van der Waals surface area contributed by atoms with Crippen LogP contribution in [0.25, 0.3) is 0 Å². The van der Waals surface area contributed by atoms with Crippen LogP contribution < -0.4 is 9.64 Å². The molecule has 8 aliphatic heterocycles. The summed E-state index contributed by atoms with van der Waals surface area (Å²) in [5, 5.41) is 0. The minimum atomic E-state index is 0.288. The van der Waals surface area contributed by atoms with Gasteiger partial charge in [0.2, 0.25) is 0 Å². The predicted octanol–water partition coefficient (Wildman–Crippen LogP) is 2.94. The van der Waals surface area contributed by atoms with E-state index in [1.54, 1.807) is 0 Å². The maximum absolute atomic E-state index is 6.30. The molecule has 31 heavy (non-hydrogen) atoms. The number of rotatable bonds is 8. The highest BCUT2D eigenvalue weighted by Crippen LogP contribution is 2.41. The fourth-order valence-electron chi connectivity index (χ4n) is 4.80. The zero-order valence-electron chi connectivity index (χ0n) is 17.5. The van der Waals surface area contributed by atoms with E-state index in [0.29, 0.717) is 24.9 Å². The molecular weight excluding hydrogens is 394 g/mol. The van der Waals surface area contributed by atoms with E-state index in [1.807, 2.05) is 0 Å². The Kier molecular flexibility index (Phi) is 4.29. The monoisotopic (exact) mass is 421 g/mol. The summed E-state index contributed by atoms with van der Waals surface area (Å²) >= 11 is 0. The molecule has 4 unspecified atom stereocenters. The maximum atomic E-state index is 6.30. The molecule has 2 aromatic rings. The lowest BCUT2D eigenvalue weighted by Gasteiger charge is -2.30. The molecular formula is C25H27NO5. The number of ether oxygens (including phenoxy) is 5. The van der Waals surface area contributed by atoms with Crippen LogP contribution in [0, 0.1) is 0 Å². The predicted molar refractivity (Wildman–Crippen MR) is 114 cm³/mol. The van der Waals surface area contributed by atoms with Gasteiger partial charge in [-0.25, -0.2) is 0 Å². The van der Waals surface area contributed by atoms with E-state index in [4.69, 9.17) is 23.7 Å². The van der Waals surface area contributed by atoms with Gasteiger partial charge in [-0.3, -0.25) is 0 Å². The van der Waals surface area contributed by atoms with Crippen molar-refractivity contribution in [3.63, 3.8) is 0 Å². The molecule has 0 amide bonds. The Hall–Kier alpha value is -2.12. The van der Waals surface area contributed by atoms with Gasteiger partial charge < -0.3 is 28.6 Å². The van der Waals surface area contributed by atoms with E-state index in [-0.39, 0.29) is 6.10 Å². The van der Waals surface area contributed by atoms with Gasteiger partial charge in [-0.2, -0.15) is 0 Å². The third kappa shape index (κ3) is 3.94. The largest absolute Gasteiger partial charge is 0.489 e. The number of anilines is 2. The standard InChI is InChI=1S/C25H27NO5/c1-3-17-4-2-16(1)26(9-21-13-30-21)25-6-15(5-18-10-27-18)24(14-31-17)22(7-19-11-28-19)23(25)8-20-12-29-20/h1-4,6,18-21H,5,7-14H2. The van der Waals surface area contributed by atoms with E-state index in [0.717, 1.165) is 58.0 Å². The van der Waals surface area contributed by atoms with Crippen molar-refractivity contribution in [2.75, 3.05) is 37.9 Å². The fourth-order valence-corrected chi connectivity index (χ4v) is 4.80. The molecule has 8 aliphatic rings. The van der Waals surface area contributed by atoms with Gasteiger partial charge in [-0.05, 0) is 52.6 Å². The molecule has 0 aromatic heterocycles. The Morgan fingerprint density at radius 2 is 1.35 bits per heavy atom. The molecule has 0 spiro atoms. The molecule has 4 atom stereocenters. The average molecular weight is 421 g/mol. The summed E-state index contributed by atoms with van der Waals surface area (Å²) in [6.07, 6.45) is 4.05. The highest BCUT2D eigenvalue weighted by molar-refractivity contribution is 5.71. The van der Waals surface area contributed by atoms with Gasteiger partial charge in [-0.15, -0.1) is 0 Å². The lowest BCUT2D eigenvalue weighted by molar-refractivity contribution is 0.302. The van der Waals surface area contributed by atoms with Gasteiger partial charge >= 0.3 is 0 Å². The van der Waals surface area contributed by atoms with Crippen LogP contribution >= 0.6 is 0 Å². The zero-order chi connectivity index (χ0) is 20.4. The molecule has 6 heteroatoms. The Labute approximate surface area is 182 Å². The molecule has 0 saturated carbocycles. The van der Waals surface area contributed by atoms with Crippen molar-refractivity contribution in [3.8, 4) is 5.75 Å². The summed E-state index contributed by atoms with van der Waals surface area (Å²) in [5.41, 5.74) is 7.92. The molecule has 4 bridgehead atoms. The summed E-state index contributed by atoms with van der Waals surface area (Å²) < 4.78 is 29.0. The lowest BCUT2D eigenvalue weighted by Crippen LogP contribution is -2.25. The topological polar surface area (TPSA) is 62.6 Å². The molecule has 6 nitrogen and oxygen atoms in total. The summed E-state index contributed by atoms with van der Waals surface area (Å²) in [6.45, 7) is 4.82. The highest BCUT2D eigenvalue weighted by Gasteiger charge is 2.35. The van der Waals surface area contributed by atoms with Gasteiger partial charge in [0.25, 0.3) is 0 Å². The highest BCUT2D eigenvalue weighted by atomic mass is 16.6. The minimum Gasteiger partial charge on any atom is -0.489 e. The van der Waals surface area contributed by atoms with Gasteiger partial charge in [-0.1, -0.05) is 0 Å². The first kappa shape index (κ1) is 18.5. The van der Waals surface area contributed by atoms with E-state index < -0.39 is 0 Å². The SMILES string of the molecule is c1cc2ccc1OCc1c(CC3CO3)cc(c(CC3CO3)c1CC1CO1)N2CC1CO1. The zero-order valence-corrected chi connectivity index (χ0v) is 17.5. The van der Waals surface area contributed by atoms with Gasteiger partial charge in [0.1, 0.15) is 12.4 Å². The lowest BCUT2D eigenvalue weighted by atomic mass is 9.87. The molecule has 8 heterocycles. The van der Waals surface area contributed by atoms with Gasteiger partial charge in [0.05, 0.1) is 57.4 Å². The summed E-state index contributed by atoms with van der Waals surface area (Å²) in [6, 6.07) is 10.9. The Morgan fingerprint density at radius 3 is 2.00 bits per heavy atom. The second kappa shape index (κ2) is 7.20. The van der Waals surface area contributed by atoms with Crippen LogP contribution in [0.4, 0.5) is 11.4 Å². The molecule has 2 aromatic carbocycles. The van der Waals surface area contributed by atoms with Crippen LogP contribution in [0.3, 0.4) is 0 Å². The summed E-state index contributed by atoms with van der Waals surface area (Å²) in [7, 11) is 0. The van der Waals surface area contributed by atoms with E-state index >= 15 is 0 Å². The third-order valence-corrected chi connectivity index (χ3v) is 6.87. The molecule has 4 fully saturated rings. The first-order valence-corrected chi connectivity index (χ1v) is 11.4. The molecule has 0 N–H and O–H groups in total. The van der Waals surface area contributed by atoms with Gasteiger partial charge in [0.15, 0.2) is 0 Å². The van der Waals surface area contributed by atoms with E-state index in [1.165, 1.54) is 33.6 Å². The van der Waals surface area contributed by atoms with Crippen molar-refractivity contribution in [2.24, 2.45) is 0 Å². The number of nitrogens with zero attached hydrogens (tertiary/aromatic N) is 1. The summed E-state index contributed by atoms with van der Waals surface area (Å²) in [4.78, 5) is 2.45. The number of epoxide rings is 4. The van der Waals surface area contributed by atoms with Crippen molar-refractivity contribution >= 4 is 11.4 Å². The van der Waals surface area contributed by atoms with E-state index in [9.17, 15) is 0 Å². The molecule has 162 valence electrons. The molecule has 0 radical (unpaired) electrons. The molecule has 0 aliphatic carbocycles. The fraction of sp³-hybridized carbons (Fsp3) is 0.520. The molecule has 4 saturated heterocycles. The quantitative estimate of drug-likeness (QED) is 0.611. The maximum Gasteiger partial charge on any atom is 0.119 e. The number of hydrogen-bond acceptors (Lipinski definition) is 6. The van der Waals surface area contributed by atoms with Crippen molar-refractivity contribution < 1.29 is 23.7 Å². The minimum absolute atomic E-state index is 0.288. The average Bonchev–Trinajstić information content (AvgIpc) is 3.62. The van der Waals surface area contributed by atoms with Crippen LogP contribution in [0.5, 0.6) is 5.75 Å². The van der Waals surface area contributed by atoms with Crippen LogP contribution in [0.2, 0.25) is 0 Å². The van der Waals surface area contributed by atoms with Crippen molar-refractivity contribution in [1.29, 1.82) is 0 Å². The number of benzene rings is 2. The molecule has 10 rings (SSSR count). The first-order chi connectivity index (χ1) is 15.3. The second-order valence-corrected chi connectivity index (χ2v) is 9.32. The van der Waals surface area contributed by atoms with Crippen LogP contribution in [0.1, 0.15) is 22.3 Å². The Bertz CT molecular complexity index is 990. The van der Waals surface area contributed by atoms with Crippen LogP contribution in [-0.4, -0.2) is 57.4 Å². The van der Waals surface area contributed by atoms with Gasteiger partial charge in [0, 0.05) is 30.6 Å². The third-order valence-electron chi connectivity index (χ3n) is 6.87. The summed E-state index contributed by atoms with van der Waals surface area (Å²) in [5.74, 6) is 0.908. The first-order valence-electron chi connectivity index (χ1n) is 11.4. The normalized spacial score (nSPS) is 29.5. The van der Waals surface area contributed by atoms with Crippen molar-refractivity contribution in [2.45, 2.75) is 50.3 Å². The van der Waals surface area contributed by atoms with Crippen molar-refractivity contribution in [1.82, 2.24) is 0 Å². The Balaban J connectivity index is 1.43. The van der Waals surface area contributed by atoms with Crippen LogP contribution in [-0.2, 0) is 44.8 Å². The van der Waals surface area contributed by atoms with Crippen LogP contribution in [0.15, 0.2) is 30.3 Å².